The highest BCUT2D eigenvalue weighted by molar-refractivity contribution is 14.1. The van der Waals surface area contributed by atoms with Crippen molar-refractivity contribution in [1.29, 1.82) is 0 Å². The Hall–Kier alpha value is 0.570. The molecule has 0 saturated heterocycles. The number of nitrogens with zero attached hydrogens (tertiary/aromatic N) is 1. The van der Waals surface area contributed by atoms with Crippen LogP contribution in [-0.4, -0.2) is 29.8 Å². The van der Waals surface area contributed by atoms with Crippen molar-refractivity contribution >= 4 is 32.7 Å². The van der Waals surface area contributed by atoms with E-state index in [-0.39, 0.29) is 18.1 Å². The molecule has 0 atom stereocenters. The van der Waals surface area contributed by atoms with Gasteiger partial charge in [-0.3, -0.25) is 0 Å². The summed E-state index contributed by atoms with van der Waals surface area (Å²) >= 11 is 1.41. The van der Waals surface area contributed by atoms with Crippen LogP contribution >= 0.6 is 22.9 Å². The molecule has 0 saturated carbocycles. The van der Waals surface area contributed by atoms with E-state index in [4.69, 9.17) is 0 Å². The number of rotatable bonds is 5. The molecule has 0 aliphatic carbocycles. The van der Waals surface area contributed by atoms with E-state index in [0.717, 1.165) is 0 Å². The van der Waals surface area contributed by atoms with Crippen molar-refractivity contribution in [2.24, 2.45) is 0 Å². The molecule has 0 aliphatic heterocycles. The molecule has 68 valence electrons. The summed E-state index contributed by atoms with van der Waals surface area (Å²) in [6.07, 6.45) is 0.593. The van der Waals surface area contributed by atoms with E-state index in [0.29, 0.717) is 9.76 Å². The highest BCUT2D eigenvalue weighted by Crippen LogP contribution is 2.01. The maximum Gasteiger partial charge on any atom is 0.151 e. The van der Waals surface area contributed by atoms with Crippen LogP contribution < -0.4 is 0 Å². The largest absolute Gasteiger partial charge is 0.229 e. The van der Waals surface area contributed by atoms with Gasteiger partial charge in [0, 0.05) is 5.75 Å². The topological polar surface area (TPSA) is 37.4 Å². The van der Waals surface area contributed by atoms with Crippen molar-refractivity contribution in [3.63, 3.8) is 0 Å². The van der Waals surface area contributed by atoms with E-state index in [1.165, 1.54) is 22.9 Å². The van der Waals surface area contributed by atoms with E-state index in [9.17, 15) is 12.9 Å². The molecule has 0 aromatic carbocycles. The van der Waals surface area contributed by atoms with Crippen molar-refractivity contribution in [3.8, 4) is 0 Å². The smallest absolute Gasteiger partial charge is 0.151 e. The van der Waals surface area contributed by atoms with Crippen LogP contribution in [0.3, 0.4) is 0 Å². The molecule has 0 aliphatic rings. The first-order valence-corrected chi connectivity index (χ1v) is 6.06. The second-order valence-electron chi connectivity index (χ2n) is 2.18. The quantitative estimate of drug-likeness (QED) is 0.567. The van der Waals surface area contributed by atoms with Crippen LogP contribution in [0.25, 0.3) is 0 Å². The number of hydrogen-bond donors (Lipinski definition) is 0. The Labute approximate surface area is 80.3 Å². The molecule has 11 heavy (non-hydrogen) atoms. The lowest BCUT2D eigenvalue weighted by Gasteiger charge is -2.03. The molecule has 0 fully saturated rings. The van der Waals surface area contributed by atoms with Gasteiger partial charge in [-0.1, -0.05) is 10.3 Å². The molecule has 0 aromatic rings. The molecule has 0 radical (unpaired) electrons. The Morgan fingerprint density at radius 3 is 2.36 bits per heavy atom. The zero-order chi connectivity index (χ0) is 8.91. The van der Waals surface area contributed by atoms with Gasteiger partial charge in [-0.2, -0.15) is 0 Å². The summed E-state index contributed by atoms with van der Waals surface area (Å²) < 4.78 is 34.3. The average molecular weight is 295 g/mol. The maximum atomic E-state index is 12.0. The van der Waals surface area contributed by atoms with E-state index in [1.54, 1.807) is 6.92 Å². The van der Waals surface area contributed by atoms with E-state index in [1.807, 2.05) is 0 Å². The highest BCUT2D eigenvalue weighted by Gasteiger charge is 2.10. The van der Waals surface area contributed by atoms with E-state index < -0.39 is 9.84 Å². The first-order valence-electron chi connectivity index (χ1n) is 3.27. The molecule has 0 N–H and O–H groups in total. The second-order valence-corrected chi connectivity index (χ2v) is 5.53. The lowest BCUT2D eigenvalue weighted by atomic mass is 10.6. The number of halogens is 2. The summed E-state index contributed by atoms with van der Waals surface area (Å²) in [4.78, 5) is 0. The molecule has 0 spiro atoms. The monoisotopic (exact) mass is 295 g/mol. The molecule has 6 heteroatoms. The van der Waals surface area contributed by atoms with Gasteiger partial charge < -0.3 is 0 Å². The van der Waals surface area contributed by atoms with Gasteiger partial charge in [-0.05, 0) is 6.42 Å². The lowest BCUT2D eigenvalue weighted by molar-refractivity contribution is 0.199. The second kappa shape index (κ2) is 5.26. The predicted octanol–water partition coefficient (Wildman–Crippen LogP) is 1.35. The average Bonchev–Trinajstić information content (AvgIpc) is 1.84. The zero-order valence-corrected chi connectivity index (χ0v) is 9.23. The standard InChI is InChI=1S/C5H11FINO2S/c1-2-4-11(9,10)5-3-8(6)7/h2-5H2,1H3. The summed E-state index contributed by atoms with van der Waals surface area (Å²) in [5.74, 6) is 0.0533. The van der Waals surface area contributed by atoms with Crippen LogP contribution in [-0.2, 0) is 9.84 Å². The molecule has 0 heterocycles. The van der Waals surface area contributed by atoms with Gasteiger partial charge in [-0.15, -0.1) is 4.48 Å². The van der Waals surface area contributed by atoms with Gasteiger partial charge in [0.05, 0.1) is 35.2 Å². The van der Waals surface area contributed by atoms with Crippen LogP contribution in [0, 0.1) is 0 Å². The number of sulfone groups is 1. The van der Waals surface area contributed by atoms with Crippen LogP contribution in [0.1, 0.15) is 13.3 Å². The molecule has 0 aromatic heterocycles. The van der Waals surface area contributed by atoms with Gasteiger partial charge in [0.25, 0.3) is 0 Å². The third kappa shape index (κ3) is 6.95. The SMILES string of the molecule is CCCS(=O)(=O)CCN(F)I. The fourth-order valence-electron chi connectivity index (χ4n) is 0.621. The third-order valence-corrected chi connectivity index (χ3v) is 3.40. The normalized spacial score (nSPS) is 12.4. The first-order chi connectivity index (χ1) is 4.98. The summed E-state index contributed by atoms with van der Waals surface area (Å²) in [6.45, 7) is 1.73. The molecule has 0 bridgehead atoms. The van der Waals surface area contributed by atoms with Gasteiger partial charge >= 0.3 is 0 Å². The van der Waals surface area contributed by atoms with Gasteiger partial charge in [0.1, 0.15) is 0 Å². The van der Waals surface area contributed by atoms with Crippen molar-refractivity contribution in [2.75, 3.05) is 18.1 Å². The van der Waals surface area contributed by atoms with Crippen molar-refractivity contribution in [2.45, 2.75) is 13.3 Å². The summed E-state index contributed by atoms with van der Waals surface area (Å²) in [6, 6.07) is 0. The first kappa shape index (κ1) is 11.6. The van der Waals surface area contributed by atoms with Gasteiger partial charge in [0.15, 0.2) is 9.84 Å². The molecule has 3 nitrogen and oxygen atoms in total. The fourth-order valence-corrected chi connectivity index (χ4v) is 2.45. The molecular weight excluding hydrogens is 284 g/mol. The van der Waals surface area contributed by atoms with E-state index in [2.05, 4.69) is 0 Å². The Bertz CT molecular complexity index is 193. The minimum Gasteiger partial charge on any atom is -0.229 e. The predicted molar refractivity (Wildman–Crippen MR) is 50.8 cm³/mol. The van der Waals surface area contributed by atoms with E-state index >= 15 is 0 Å². The summed E-state index contributed by atoms with van der Waals surface area (Å²) in [7, 11) is -3.01. The zero-order valence-electron chi connectivity index (χ0n) is 6.26. The van der Waals surface area contributed by atoms with Crippen molar-refractivity contribution in [3.05, 3.63) is 0 Å². The third-order valence-electron chi connectivity index (χ3n) is 1.09. The Kier molecular flexibility index (Phi) is 5.53. The van der Waals surface area contributed by atoms with Gasteiger partial charge in [0.2, 0.25) is 0 Å². The lowest BCUT2D eigenvalue weighted by Crippen LogP contribution is -2.18. The molecule has 0 unspecified atom stereocenters. The Morgan fingerprint density at radius 1 is 1.45 bits per heavy atom. The molecule has 0 amide bonds. The van der Waals surface area contributed by atoms with Crippen molar-refractivity contribution in [1.82, 2.24) is 3.34 Å². The molecular formula is C5H11FINO2S. The van der Waals surface area contributed by atoms with Gasteiger partial charge in [-0.25, -0.2) is 8.42 Å². The van der Waals surface area contributed by atoms with Crippen LogP contribution in [0.2, 0.25) is 0 Å². The summed E-state index contributed by atoms with van der Waals surface area (Å²) in [5.41, 5.74) is 0. The van der Waals surface area contributed by atoms with Crippen LogP contribution in [0.4, 0.5) is 4.48 Å². The van der Waals surface area contributed by atoms with Crippen molar-refractivity contribution < 1.29 is 12.9 Å². The number of hydrogen-bond acceptors (Lipinski definition) is 3. The minimum absolute atomic E-state index is 0.0527. The molecule has 0 rings (SSSR count). The Morgan fingerprint density at radius 2 is 2.00 bits per heavy atom. The van der Waals surface area contributed by atoms with Crippen LogP contribution in [0.15, 0.2) is 0 Å². The maximum absolute atomic E-state index is 12.0. The highest BCUT2D eigenvalue weighted by atomic mass is 127. The summed E-state index contributed by atoms with van der Waals surface area (Å²) in [5, 5.41) is 0. The van der Waals surface area contributed by atoms with Crippen LogP contribution in [0.5, 0.6) is 0 Å². The Balaban J connectivity index is 3.74. The minimum atomic E-state index is -3.01. The fraction of sp³-hybridized carbons (Fsp3) is 1.00.